The number of likely N-dealkylation sites (tertiary alicyclic amines) is 1. The number of carbonyl (C=O) groups is 1. The van der Waals surface area contributed by atoms with E-state index in [-0.39, 0.29) is 17.9 Å². The molecule has 3 rings (SSSR count). The molecule has 0 aromatic heterocycles. The van der Waals surface area contributed by atoms with E-state index in [9.17, 15) is 4.79 Å². The fraction of sp³-hybridized carbons (Fsp3) is 0.611. The lowest BCUT2D eigenvalue weighted by molar-refractivity contribution is -0.303. The summed E-state index contributed by atoms with van der Waals surface area (Å²) >= 11 is 0. The van der Waals surface area contributed by atoms with Gasteiger partial charge in [0.1, 0.15) is 11.5 Å². The van der Waals surface area contributed by atoms with Crippen molar-refractivity contribution in [3.8, 4) is 11.5 Å². The molecule has 6 heteroatoms. The molecular formula is C18H25NO5. The molecule has 0 unspecified atom stereocenters. The van der Waals surface area contributed by atoms with Crippen LogP contribution in [0.2, 0.25) is 0 Å². The Hall–Kier alpha value is -1.79. The molecule has 2 aliphatic rings. The first-order valence-electron chi connectivity index (χ1n) is 8.33. The molecule has 0 bridgehead atoms. The molecule has 2 saturated heterocycles. The quantitative estimate of drug-likeness (QED) is 0.824. The summed E-state index contributed by atoms with van der Waals surface area (Å²) in [6, 6.07) is 7.28. The van der Waals surface area contributed by atoms with E-state index in [1.165, 1.54) is 0 Å². The van der Waals surface area contributed by atoms with Crippen molar-refractivity contribution in [2.45, 2.75) is 26.6 Å². The Balaban J connectivity index is 1.42. The SMILES string of the molecule is CCOc1ccc(OCC(=O)N2CC3(COC(C)(C)OC3)C2)cc1. The molecular weight excluding hydrogens is 310 g/mol. The van der Waals surface area contributed by atoms with E-state index < -0.39 is 5.79 Å². The van der Waals surface area contributed by atoms with Gasteiger partial charge in [-0.15, -0.1) is 0 Å². The minimum atomic E-state index is -0.521. The molecule has 2 heterocycles. The summed E-state index contributed by atoms with van der Waals surface area (Å²) in [5, 5.41) is 0. The number of hydrogen-bond acceptors (Lipinski definition) is 5. The molecule has 1 aromatic rings. The van der Waals surface area contributed by atoms with E-state index in [1.54, 1.807) is 17.0 Å². The number of hydrogen-bond donors (Lipinski definition) is 0. The molecule has 132 valence electrons. The lowest BCUT2D eigenvalue weighted by Crippen LogP contribution is -2.66. The molecule has 1 amide bonds. The Morgan fingerprint density at radius 3 is 2.17 bits per heavy atom. The van der Waals surface area contributed by atoms with Crippen LogP contribution in [0.4, 0.5) is 0 Å². The maximum absolute atomic E-state index is 12.2. The maximum Gasteiger partial charge on any atom is 0.260 e. The van der Waals surface area contributed by atoms with Crippen LogP contribution in [0.15, 0.2) is 24.3 Å². The van der Waals surface area contributed by atoms with Gasteiger partial charge in [-0.1, -0.05) is 0 Å². The van der Waals surface area contributed by atoms with Crippen molar-refractivity contribution in [2.75, 3.05) is 39.5 Å². The van der Waals surface area contributed by atoms with E-state index in [1.807, 2.05) is 32.9 Å². The van der Waals surface area contributed by atoms with Gasteiger partial charge in [-0.25, -0.2) is 0 Å². The minimum Gasteiger partial charge on any atom is -0.494 e. The molecule has 2 fully saturated rings. The van der Waals surface area contributed by atoms with E-state index in [2.05, 4.69) is 0 Å². The highest BCUT2D eigenvalue weighted by molar-refractivity contribution is 5.78. The molecule has 2 aliphatic heterocycles. The number of ether oxygens (including phenoxy) is 4. The predicted molar refractivity (Wildman–Crippen MR) is 88.1 cm³/mol. The van der Waals surface area contributed by atoms with Gasteiger partial charge in [0.15, 0.2) is 12.4 Å². The first kappa shape index (κ1) is 17.0. The minimum absolute atomic E-state index is 0.0145. The fourth-order valence-electron chi connectivity index (χ4n) is 2.89. The van der Waals surface area contributed by atoms with Crippen LogP contribution in [0.3, 0.4) is 0 Å². The molecule has 0 aliphatic carbocycles. The van der Waals surface area contributed by atoms with E-state index in [0.717, 1.165) is 5.75 Å². The van der Waals surface area contributed by atoms with Gasteiger partial charge in [0.05, 0.1) is 25.2 Å². The van der Waals surface area contributed by atoms with Crippen LogP contribution in [0, 0.1) is 5.41 Å². The van der Waals surface area contributed by atoms with Crippen LogP contribution in [0.1, 0.15) is 20.8 Å². The molecule has 6 nitrogen and oxygen atoms in total. The third kappa shape index (κ3) is 3.82. The first-order chi connectivity index (χ1) is 11.4. The van der Waals surface area contributed by atoms with Crippen LogP contribution in [-0.2, 0) is 14.3 Å². The Morgan fingerprint density at radius 2 is 1.62 bits per heavy atom. The summed E-state index contributed by atoms with van der Waals surface area (Å²) in [6.45, 7) is 9.00. The molecule has 0 N–H and O–H groups in total. The molecule has 0 radical (unpaired) electrons. The Bertz CT molecular complexity index is 566. The highest BCUT2D eigenvalue weighted by atomic mass is 16.7. The lowest BCUT2D eigenvalue weighted by Gasteiger charge is -2.53. The monoisotopic (exact) mass is 335 g/mol. The summed E-state index contributed by atoms with van der Waals surface area (Å²) in [7, 11) is 0. The Kier molecular flexibility index (Phi) is 4.69. The van der Waals surface area contributed by atoms with Gasteiger partial charge in [0.25, 0.3) is 5.91 Å². The normalized spacial score (nSPS) is 21.2. The second-order valence-corrected chi connectivity index (χ2v) is 6.92. The smallest absolute Gasteiger partial charge is 0.260 e. The maximum atomic E-state index is 12.2. The zero-order chi connectivity index (χ0) is 17.2. The van der Waals surface area contributed by atoms with Gasteiger partial charge in [-0.3, -0.25) is 4.79 Å². The largest absolute Gasteiger partial charge is 0.494 e. The summed E-state index contributed by atoms with van der Waals surface area (Å²) < 4.78 is 22.3. The second-order valence-electron chi connectivity index (χ2n) is 6.92. The average molecular weight is 335 g/mol. The Labute approximate surface area is 142 Å². The van der Waals surface area contributed by atoms with E-state index in [0.29, 0.717) is 38.7 Å². The standard InChI is InChI=1S/C18H25NO5/c1-4-21-14-5-7-15(8-6-14)22-9-16(20)19-10-18(11-19)12-23-17(2,3)24-13-18/h5-8H,4,9-13H2,1-3H3. The van der Waals surface area contributed by atoms with Gasteiger partial charge in [0, 0.05) is 13.1 Å². The van der Waals surface area contributed by atoms with Gasteiger partial charge in [-0.05, 0) is 45.0 Å². The van der Waals surface area contributed by atoms with Crippen molar-refractivity contribution in [3.05, 3.63) is 24.3 Å². The highest BCUT2D eigenvalue weighted by Gasteiger charge is 2.50. The summed E-state index contributed by atoms with van der Waals surface area (Å²) in [4.78, 5) is 14.0. The van der Waals surface area contributed by atoms with Crippen LogP contribution < -0.4 is 9.47 Å². The molecule has 0 saturated carbocycles. The van der Waals surface area contributed by atoms with E-state index >= 15 is 0 Å². The van der Waals surface area contributed by atoms with Crippen LogP contribution in [0.5, 0.6) is 11.5 Å². The van der Waals surface area contributed by atoms with E-state index in [4.69, 9.17) is 18.9 Å². The zero-order valence-corrected chi connectivity index (χ0v) is 14.5. The second kappa shape index (κ2) is 6.61. The number of benzene rings is 1. The number of nitrogens with zero attached hydrogens (tertiary/aromatic N) is 1. The molecule has 1 spiro atoms. The van der Waals surface area contributed by atoms with Crippen LogP contribution >= 0.6 is 0 Å². The summed E-state index contributed by atoms with van der Waals surface area (Å²) in [6.07, 6.45) is 0. The summed E-state index contributed by atoms with van der Waals surface area (Å²) in [5.41, 5.74) is -0.0513. The molecule has 1 aromatic carbocycles. The number of carbonyl (C=O) groups excluding carboxylic acids is 1. The highest BCUT2D eigenvalue weighted by Crippen LogP contribution is 2.37. The lowest BCUT2D eigenvalue weighted by atomic mass is 9.80. The van der Waals surface area contributed by atoms with Gasteiger partial charge < -0.3 is 23.8 Å². The molecule has 24 heavy (non-hydrogen) atoms. The van der Waals surface area contributed by atoms with Crippen molar-refractivity contribution >= 4 is 5.91 Å². The predicted octanol–water partition coefficient (Wildman–Crippen LogP) is 2.08. The third-order valence-corrected chi connectivity index (χ3v) is 4.35. The van der Waals surface area contributed by atoms with Crippen molar-refractivity contribution < 1.29 is 23.7 Å². The van der Waals surface area contributed by atoms with Crippen molar-refractivity contribution in [1.82, 2.24) is 4.90 Å². The average Bonchev–Trinajstić information content (AvgIpc) is 2.53. The third-order valence-electron chi connectivity index (χ3n) is 4.35. The van der Waals surface area contributed by atoms with Crippen LogP contribution in [-0.4, -0.2) is 56.1 Å². The van der Waals surface area contributed by atoms with Crippen LogP contribution in [0.25, 0.3) is 0 Å². The first-order valence-corrected chi connectivity index (χ1v) is 8.33. The van der Waals surface area contributed by atoms with Crippen molar-refractivity contribution in [2.24, 2.45) is 5.41 Å². The van der Waals surface area contributed by atoms with Gasteiger partial charge >= 0.3 is 0 Å². The molecule has 0 atom stereocenters. The van der Waals surface area contributed by atoms with Gasteiger partial charge in [-0.2, -0.15) is 0 Å². The van der Waals surface area contributed by atoms with Crippen molar-refractivity contribution in [3.63, 3.8) is 0 Å². The Morgan fingerprint density at radius 1 is 1.08 bits per heavy atom. The fourth-order valence-corrected chi connectivity index (χ4v) is 2.89. The van der Waals surface area contributed by atoms with Crippen molar-refractivity contribution in [1.29, 1.82) is 0 Å². The zero-order valence-electron chi connectivity index (χ0n) is 14.5. The topological polar surface area (TPSA) is 57.2 Å². The number of rotatable bonds is 5. The number of amides is 1. The van der Waals surface area contributed by atoms with Gasteiger partial charge in [0.2, 0.25) is 0 Å². The summed E-state index contributed by atoms with van der Waals surface area (Å²) in [5.74, 6) is 0.917.